The van der Waals surface area contributed by atoms with Crippen LogP contribution in [0.5, 0.6) is 5.75 Å². The summed E-state index contributed by atoms with van der Waals surface area (Å²) in [5.74, 6) is 1.84. The molecule has 9 heteroatoms. The van der Waals surface area contributed by atoms with Gasteiger partial charge in [0.1, 0.15) is 28.5 Å². The van der Waals surface area contributed by atoms with Crippen LogP contribution >= 0.6 is 11.3 Å². The minimum Gasteiger partial charge on any atom is -0.491 e. The maximum atomic E-state index is 6.01. The topological polar surface area (TPSA) is 116 Å². The molecule has 0 bridgehead atoms. The van der Waals surface area contributed by atoms with Gasteiger partial charge in [-0.05, 0) is 30.2 Å². The maximum Gasteiger partial charge on any atom is 0.221 e. The number of anilines is 3. The SMILES string of the molecule is C=Cc1cnc(N)nc1N1CCOc2ccc(-c3cnc4sc(N)nc4c3C)cc2C1. The number of thiazole rings is 1. The molecule has 0 atom stereocenters. The first-order valence-corrected chi connectivity index (χ1v) is 10.6. The molecule has 0 saturated heterocycles. The van der Waals surface area contributed by atoms with Crippen LogP contribution in [0.15, 0.2) is 37.2 Å². The second kappa shape index (κ2) is 7.51. The average Bonchev–Trinajstić information content (AvgIpc) is 3.02. The fourth-order valence-electron chi connectivity index (χ4n) is 3.83. The first-order valence-electron chi connectivity index (χ1n) is 9.81. The van der Waals surface area contributed by atoms with Crippen LogP contribution in [0, 0.1) is 6.92 Å². The number of aryl methyl sites for hydroxylation is 1. The van der Waals surface area contributed by atoms with Gasteiger partial charge in [-0.15, -0.1) is 0 Å². The second-order valence-electron chi connectivity index (χ2n) is 7.31. The lowest BCUT2D eigenvalue weighted by Gasteiger charge is -2.23. The van der Waals surface area contributed by atoms with Crippen LogP contribution in [-0.4, -0.2) is 33.1 Å². The molecule has 0 saturated carbocycles. The fourth-order valence-corrected chi connectivity index (χ4v) is 4.57. The van der Waals surface area contributed by atoms with Crippen LogP contribution in [0.4, 0.5) is 16.9 Å². The highest BCUT2D eigenvalue weighted by Crippen LogP contribution is 2.35. The summed E-state index contributed by atoms with van der Waals surface area (Å²) in [5, 5.41) is 0.524. The van der Waals surface area contributed by atoms with E-state index in [0.717, 1.165) is 49.7 Å². The first kappa shape index (κ1) is 19.3. The lowest BCUT2D eigenvalue weighted by atomic mass is 9.99. The molecule has 1 aliphatic rings. The number of nitrogen functional groups attached to an aromatic ring is 2. The van der Waals surface area contributed by atoms with E-state index in [-0.39, 0.29) is 5.95 Å². The summed E-state index contributed by atoms with van der Waals surface area (Å²) in [7, 11) is 0. The molecular weight excluding hydrogens is 410 g/mol. The van der Waals surface area contributed by atoms with E-state index in [4.69, 9.17) is 16.2 Å². The predicted molar refractivity (Wildman–Crippen MR) is 125 cm³/mol. The molecule has 0 fully saturated rings. The van der Waals surface area contributed by atoms with Gasteiger partial charge in [0.15, 0.2) is 5.13 Å². The van der Waals surface area contributed by atoms with Gasteiger partial charge in [0.2, 0.25) is 5.95 Å². The van der Waals surface area contributed by atoms with Gasteiger partial charge in [-0.25, -0.2) is 15.0 Å². The van der Waals surface area contributed by atoms with Crippen molar-refractivity contribution in [1.29, 1.82) is 0 Å². The van der Waals surface area contributed by atoms with E-state index in [2.05, 4.69) is 43.5 Å². The zero-order valence-electron chi connectivity index (χ0n) is 17.0. The zero-order valence-corrected chi connectivity index (χ0v) is 17.8. The van der Waals surface area contributed by atoms with Gasteiger partial charge in [-0.3, -0.25) is 0 Å². The quantitative estimate of drug-likeness (QED) is 0.505. The Hall–Kier alpha value is -3.72. The number of pyridine rings is 1. The fraction of sp³-hybridized carbons (Fsp3) is 0.182. The third-order valence-electron chi connectivity index (χ3n) is 5.38. The van der Waals surface area contributed by atoms with Crippen molar-refractivity contribution in [2.75, 3.05) is 29.5 Å². The molecule has 5 rings (SSSR count). The van der Waals surface area contributed by atoms with Crippen LogP contribution in [0.2, 0.25) is 0 Å². The van der Waals surface area contributed by atoms with E-state index in [1.807, 2.05) is 19.2 Å². The predicted octanol–water partition coefficient (Wildman–Crippen LogP) is 3.66. The summed E-state index contributed by atoms with van der Waals surface area (Å²) >= 11 is 1.40. The highest BCUT2D eigenvalue weighted by molar-refractivity contribution is 7.21. The van der Waals surface area contributed by atoms with Crippen molar-refractivity contribution < 1.29 is 4.74 Å². The summed E-state index contributed by atoms with van der Waals surface area (Å²) in [6.07, 6.45) is 5.31. The lowest BCUT2D eigenvalue weighted by molar-refractivity contribution is 0.331. The van der Waals surface area contributed by atoms with Crippen molar-refractivity contribution >= 4 is 44.7 Å². The van der Waals surface area contributed by atoms with Crippen LogP contribution in [0.1, 0.15) is 16.7 Å². The highest BCUT2D eigenvalue weighted by Gasteiger charge is 2.20. The summed E-state index contributed by atoms with van der Waals surface area (Å²) < 4.78 is 6.01. The van der Waals surface area contributed by atoms with E-state index in [1.165, 1.54) is 11.3 Å². The number of nitrogens with two attached hydrogens (primary N) is 2. The Kier molecular flexibility index (Phi) is 4.67. The normalized spacial score (nSPS) is 13.5. The lowest BCUT2D eigenvalue weighted by Crippen LogP contribution is -2.27. The smallest absolute Gasteiger partial charge is 0.221 e. The van der Waals surface area contributed by atoms with Gasteiger partial charge in [-0.2, -0.15) is 4.98 Å². The molecule has 0 amide bonds. The summed E-state index contributed by atoms with van der Waals surface area (Å²) in [6, 6.07) is 6.20. The third kappa shape index (κ3) is 3.42. The molecular formula is C22H21N7OS. The van der Waals surface area contributed by atoms with Gasteiger partial charge in [0.25, 0.3) is 0 Å². The Balaban J connectivity index is 1.56. The van der Waals surface area contributed by atoms with Gasteiger partial charge in [0.05, 0.1) is 6.54 Å². The maximum absolute atomic E-state index is 6.01. The number of ether oxygens (including phenoxy) is 1. The molecule has 0 radical (unpaired) electrons. The van der Waals surface area contributed by atoms with Crippen molar-refractivity contribution in [3.63, 3.8) is 0 Å². The Labute approximate surface area is 183 Å². The third-order valence-corrected chi connectivity index (χ3v) is 6.17. The molecule has 4 heterocycles. The summed E-state index contributed by atoms with van der Waals surface area (Å²) in [5.41, 5.74) is 17.6. The Morgan fingerprint density at radius 2 is 2.06 bits per heavy atom. The van der Waals surface area contributed by atoms with E-state index in [0.29, 0.717) is 24.8 Å². The average molecular weight is 432 g/mol. The van der Waals surface area contributed by atoms with E-state index in [9.17, 15) is 0 Å². The minimum atomic E-state index is 0.234. The van der Waals surface area contributed by atoms with E-state index < -0.39 is 0 Å². The number of fused-ring (bicyclic) bond motifs is 2. The number of nitrogens with zero attached hydrogens (tertiary/aromatic N) is 5. The number of aromatic nitrogens is 4. The largest absolute Gasteiger partial charge is 0.491 e. The molecule has 0 spiro atoms. The van der Waals surface area contributed by atoms with Gasteiger partial charge >= 0.3 is 0 Å². The number of rotatable bonds is 3. The molecule has 31 heavy (non-hydrogen) atoms. The van der Waals surface area contributed by atoms with Crippen molar-refractivity contribution in [1.82, 2.24) is 19.9 Å². The molecule has 0 unspecified atom stereocenters. The standard InChI is InChI=1S/C22H21N7OS/c1-3-13-9-26-21(23)28-19(13)29-6-7-30-17-5-4-14(8-15(17)11-29)16-10-25-20-18(12(16)2)27-22(24)31-20/h3-5,8-10H,1,6-7,11H2,2H3,(H2,24,27)(H2,23,26,28). The number of hydrogen-bond acceptors (Lipinski definition) is 9. The molecule has 8 nitrogen and oxygen atoms in total. The van der Waals surface area contributed by atoms with Crippen molar-refractivity contribution in [3.8, 4) is 16.9 Å². The van der Waals surface area contributed by atoms with Gasteiger partial charge < -0.3 is 21.1 Å². The highest BCUT2D eigenvalue weighted by atomic mass is 32.1. The Morgan fingerprint density at radius 1 is 1.19 bits per heavy atom. The molecule has 0 aliphatic carbocycles. The first-order chi connectivity index (χ1) is 15.0. The van der Waals surface area contributed by atoms with Crippen LogP contribution < -0.4 is 21.1 Å². The summed E-state index contributed by atoms with van der Waals surface area (Å²) in [6.45, 7) is 7.76. The van der Waals surface area contributed by atoms with Gasteiger partial charge in [-0.1, -0.05) is 30.1 Å². The van der Waals surface area contributed by atoms with Crippen LogP contribution in [-0.2, 0) is 6.54 Å². The monoisotopic (exact) mass is 431 g/mol. The Morgan fingerprint density at radius 3 is 2.90 bits per heavy atom. The van der Waals surface area contributed by atoms with Crippen LogP contribution in [0.25, 0.3) is 27.6 Å². The Bertz CT molecular complexity index is 1320. The molecule has 156 valence electrons. The van der Waals surface area contributed by atoms with Crippen LogP contribution in [0.3, 0.4) is 0 Å². The van der Waals surface area contributed by atoms with Gasteiger partial charge in [0, 0.05) is 35.6 Å². The molecule has 1 aliphatic heterocycles. The minimum absolute atomic E-state index is 0.234. The zero-order chi connectivity index (χ0) is 21.5. The molecule has 4 N–H and O–H groups in total. The number of benzene rings is 1. The molecule has 4 aromatic rings. The van der Waals surface area contributed by atoms with Crippen molar-refractivity contribution in [3.05, 3.63) is 53.9 Å². The number of hydrogen-bond donors (Lipinski definition) is 2. The summed E-state index contributed by atoms with van der Waals surface area (Å²) in [4.78, 5) is 20.5. The molecule has 3 aromatic heterocycles. The molecule has 1 aromatic carbocycles. The van der Waals surface area contributed by atoms with Crippen molar-refractivity contribution in [2.45, 2.75) is 13.5 Å². The van der Waals surface area contributed by atoms with Crippen molar-refractivity contribution in [2.24, 2.45) is 0 Å². The van der Waals surface area contributed by atoms with E-state index >= 15 is 0 Å². The second-order valence-corrected chi connectivity index (χ2v) is 8.32. The van der Waals surface area contributed by atoms with E-state index in [1.54, 1.807) is 12.3 Å².